The molecule has 1 aromatic rings. The van der Waals surface area contributed by atoms with E-state index in [1.807, 2.05) is 6.92 Å². The molecule has 0 aromatic carbocycles. The van der Waals surface area contributed by atoms with Crippen LogP contribution in [0.5, 0.6) is 0 Å². The van der Waals surface area contributed by atoms with Crippen LogP contribution in [0.1, 0.15) is 58.2 Å². The van der Waals surface area contributed by atoms with Gasteiger partial charge in [0.2, 0.25) is 5.89 Å². The molecule has 1 fully saturated rings. The van der Waals surface area contributed by atoms with E-state index in [-0.39, 0.29) is 5.97 Å². The van der Waals surface area contributed by atoms with E-state index in [1.165, 1.54) is 0 Å². The molecule has 2 rings (SSSR count). The van der Waals surface area contributed by atoms with Crippen molar-refractivity contribution >= 4 is 17.7 Å². The average Bonchev–Trinajstić information content (AvgIpc) is 3.07. The normalized spacial score (nSPS) is 17.3. The number of carbonyl (C=O) groups is 1. The molecular weight excluding hydrogens is 288 g/mol. The summed E-state index contributed by atoms with van der Waals surface area (Å²) in [5.41, 5.74) is -0.704. The van der Waals surface area contributed by atoms with Crippen LogP contribution in [0.15, 0.2) is 4.52 Å². The zero-order valence-electron chi connectivity index (χ0n) is 13.1. The van der Waals surface area contributed by atoms with Crippen LogP contribution in [0.4, 0.5) is 0 Å². The summed E-state index contributed by atoms with van der Waals surface area (Å²) in [6.07, 6.45) is 3.48. The van der Waals surface area contributed by atoms with Gasteiger partial charge in [0, 0.05) is 0 Å². The van der Waals surface area contributed by atoms with Gasteiger partial charge in [0.1, 0.15) is 5.41 Å². The average molecular weight is 312 g/mol. The van der Waals surface area contributed by atoms with Gasteiger partial charge in [0.05, 0.1) is 12.4 Å². The van der Waals surface area contributed by atoms with E-state index in [4.69, 9.17) is 9.26 Å². The molecule has 0 bridgehead atoms. The molecular formula is C15H24N2O3S. The topological polar surface area (TPSA) is 65.2 Å². The summed E-state index contributed by atoms with van der Waals surface area (Å²) >= 11 is 1.79. The van der Waals surface area contributed by atoms with Crippen LogP contribution in [0.2, 0.25) is 0 Å². The molecule has 0 unspecified atom stereocenters. The van der Waals surface area contributed by atoms with Gasteiger partial charge in [0.15, 0.2) is 5.82 Å². The Labute approximate surface area is 130 Å². The highest BCUT2D eigenvalue weighted by Gasteiger charge is 2.49. The maximum absolute atomic E-state index is 12.3. The first kappa shape index (κ1) is 16.3. The van der Waals surface area contributed by atoms with Gasteiger partial charge in [-0.1, -0.05) is 31.8 Å². The van der Waals surface area contributed by atoms with Crippen LogP contribution in [0, 0.1) is 5.92 Å². The van der Waals surface area contributed by atoms with Crippen LogP contribution >= 0.6 is 11.8 Å². The van der Waals surface area contributed by atoms with Gasteiger partial charge in [-0.25, -0.2) is 0 Å². The van der Waals surface area contributed by atoms with E-state index in [0.717, 1.165) is 37.2 Å². The van der Waals surface area contributed by atoms with E-state index in [0.29, 0.717) is 24.2 Å². The summed E-state index contributed by atoms with van der Waals surface area (Å²) < 4.78 is 10.6. The van der Waals surface area contributed by atoms with Crippen LogP contribution < -0.4 is 0 Å². The second kappa shape index (κ2) is 7.29. The lowest BCUT2D eigenvalue weighted by molar-refractivity contribution is -0.151. The number of esters is 1. The van der Waals surface area contributed by atoms with E-state index in [1.54, 1.807) is 11.8 Å². The predicted octanol–water partition coefficient (Wildman–Crippen LogP) is 3.33. The first-order chi connectivity index (χ1) is 10.1. The third kappa shape index (κ3) is 3.78. The lowest BCUT2D eigenvalue weighted by atomic mass is 9.86. The Morgan fingerprint density at radius 1 is 1.43 bits per heavy atom. The Hall–Kier alpha value is -1.04. The number of hydrogen-bond donors (Lipinski definition) is 0. The van der Waals surface area contributed by atoms with Gasteiger partial charge in [0.25, 0.3) is 0 Å². The zero-order valence-corrected chi connectivity index (χ0v) is 13.9. The third-order valence-corrected chi connectivity index (χ3v) is 5.05. The maximum Gasteiger partial charge on any atom is 0.321 e. The molecule has 118 valence electrons. The Balaban J connectivity index is 2.08. The van der Waals surface area contributed by atoms with Crippen molar-refractivity contribution in [1.82, 2.24) is 10.1 Å². The van der Waals surface area contributed by atoms with Crippen LogP contribution in [0.3, 0.4) is 0 Å². The second-order valence-electron chi connectivity index (χ2n) is 5.93. The first-order valence-corrected chi connectivity index (χ1v) is 8.82. The minimum Gasteiger partial charge on any atom is -0.465 e. The Morgan fingerprint density at radius 3 is 2.76 bits per heavy atom. The predicted molar refractivity (Wildman–Crippen MR) is 82.1 cm³/mol. The fraction of sp³-hybridized carbons (Fsp3) is 0.800. The van der Waals surface area contributed by atoms with Crippen LogP contribution in [-0.4, -0.2) is 28.5 Å². The number of hydrogen-bond acceptors (Lipinski definition) is 6. The molecule has 5 nitrogen and oxygen atoms in total. The van der Waals surface area contributed by atoms with Gasteiger partial charge in [-0.3, -0.25) is 4.79 Å². The second-order valence-corrected chi connectivity index (χ2v) is 6.96. The van der Waals surface area contributed by atoms with Crippen molar-refractivity contribution in [3.63, 3.8) is 0 Å². The van der Waals surface area contributed by atoms with Crippen molar-refractivity contribution in [2.45, 2.75) is 57.6 Å². The molecule has 21 heavy (non-hydrogen) atoms. The van der Waals surface area contributed by atoms with Crippen LogP contribution in [0.25, 0.3) is 0 Å². The smallest absolute Gasteiger partial charge is 0.321 e. The number of nitrogens with zero attached hydrogens (tertiary/aromatic N) is 2. The monoisotopic (exact) mass is 312 g/mol. The van der Waals surface area contributed by atoms with E-state index < -0.39 is 5.41 Å². The maximum atomic E-state index is 12.3. The molecule has 0 atom stereocenters. The van der Waals surface area contributed by atoms with E-state index in [9.17, 15) is 4.79 Å². The fourth-order valence-electron chi connectivity index (χ4n) is 2.65. The highest BCUT2D eigenvalue weighted by atomic mass is 32.2. The summed E-state index contributed by atoms with van der Waals surface area (Å²) in [5.74, 6) is 3.33. The lowest BCUT2D eigenvalue weighted by Crippen LogP contribution is -2.35. The molecule has 0 spiro atoms. The molecule has 1 aliphatic rings. The van der Waals surface area contributed by atoms with Crippen molar-refractivity contribution in [1.29, 1.82) is 0 Å². The molecule has 6 heteroatoms. The number of rotatable bonds is 7. The van der Waals surface area contributed by atoms with Crippen molar-refractivity contribution in [3.8, 4) is 0 Å². The summed E-state index contributed by atoms with van der Waals surface area (Å²) in [4.78, 5) is 16.8. The van der Waals surface area contributed by atoms with Gasteiger partial charge >= 0.3 is 5.97 Å². The summed E-state index contributed by atoms with van der Waals surface area (Å²) in [6.45, 7) is 6.57. The van der Waals surface area contributed by atoms with Crippen molar-refractivity contribution in [3.05, 3.63) is 11.7 Å². The van der Waals surface area contributed by atoms with Crippen LogP contribution in [-0.2, 0) is 20.7 Å². The molecule has 1 aromatic heterocycles. The molecule has 0 amide bonds. The van der Waals surface area contributed by atoms with E-state index >= 15 is 0 Å². The largest absolute Gasteiger partial charge is 0.465 e. The summed E-state index contributed by atoms with van der Waals surface area (Å²) in [7, 11) is 0. The van der Waals surface area contributed by atoms with Crippen molar-refractivity contribution < 1.29 is 14.1 Å². The van der Waals surface area contributed by atoms with Gasteiger partial charge in [-0.15, -0.1) is 0 Å². The Morgan fingerprint density at radius 2 is 2.14 bits per heavy atom. The third-order valence-electron chi connectivity index (χ3n) is 3.68. The fourth-order valence-corrected chi connectivity index (χ4v) is 3.54. The molecule has 0 saturated heterocycles. The van der Waals surface area contributed by atoms with Gasteiger partial charge < -0.3 is 9.26 Å². The first-order valence-electron chi connectivity index (χ1n) is 7.66. The Kier molecular flexibility index (Phi) is 5.67. The molecule has 1 heterocycles. The Bertz CT molecular complexity index is 467. The minimum absolute atomic E-state index is 0.215. The summed E-state index contributed by atoms with van der Waals surface area (Å²) in [5, 5.41) is 4.03. The highest BCUT2D eigenvalue weighted by molar-refractivity contribution is 7.98. The molecule has 1 saturated carbocycles. The standard InChI is InChI=1S/C15H24N2O3S/c1-4-19-14(18)15(7-5-6-8-15)13-16-12(17-20-13)10-21-9-11(2)3/h11H,4-10H2,1-3H3. The highest BCUT2D eigenvalue weighted by Crippen LogP contribution is 2.41. The molecule has 1 aliphatic carbocycles. The number of carbonyl (C=O) groups excluding carboxylic acids is 1. The SMILES string of the molecule is CCOC(=O)C1(c2nc(CSCC(C)C)no2)CCCC1. The molecule has 0 radical (unpaired) electrons. The number of thioether (sulfide) groups is 1. The quantitative estimate of drug-likeness (QED) is 0.720. The van der Waals surface area contributed by atoms with Crippen molar-refractivity contribution in [2.75, 3.05) is 12.4 Å². The van der Waals surface area contributed by atoms with Gasteiger partial charge in [-0.2, -0.15) is 16.7 Å². The van der Waals surface area contributed by atoms with E-state index in [2.05, 4.69) is 24.0 Å². The van der Waals surface area contributed by atoms with Gasteiger partial charge in [-0.05, 0) is 31.4 Å². The lowest BCUT2D eigenvalue weighted by Gasteiger charge is -2.21. The molecule has 0 N–H and O–H groups in total. The zero-order chi connectivity index (χ0) is 15.3. The molecule has 0 aliphatic heterocycles. The number of ether oxygens (including phenoxy) is 1. The number of aromatic nitrogens is 2. The van der Waals surface area contributed by atoms with Crippen molar-refractivity contribution in [2.24, 2.45) is 5.92 Å². The summed E-state index contributed by atoms with van der Waals surface area (Å²) in [6, 6.07) is 0. The minimum atomic E-state index is -0.704.